The van der Waals surface area contributed by atoms with Gasteiger partial charge < -0.3 is 18.9 Å². The first kappa shape index (κ1) is 26.3. The van der Waals surface area contributed by atoms with E-state index in [9.17, 15) is 18.0 Å². The van der Waals surface area contributed by atoms with Crippen molar-refractivity contribution < 1.29 is 32.1 Å². The van der Waals surface area contributed by atoms with E-state index >= 15 is 0 Å². The van der Waals surface area contributed by atoms with Crippen molar-refractivity contribution in [3.05, 3.63) is 71.0 Å². The fourth-order valence-electron chi connectivity index (χ4n) is 3.69. The monoisotopic (exact) mass is 528 g/mol. The second kappa shape index (κ2) is 11.1. The van der Waals surface area contributed by atoms with Gasteiger partial charge in [-0.25, -0.2) is 0 Å². The van der Waals surface area contributed by atoms with E-state index < -0.39 is 17.7 Å². The zero-order chi connectivity index (χ0) is 27.3. The first-order valence-corrected chi connectivity index (χ1v) is 11.3. The van der Waals surface area contributed by atoms with Crippen LogP contribution in [0.4, 0.5) is 24.5 Å². The fourth-order valence-corrected chi connectivity index (χ4v) is 3.69. The molecule has 2 N–H and O–H groups in total. The van der Waals surface area contributed by atoms with Crippen LogP contribution in [-0.2, 0) is 0 Å². The predicted molar refractivity (Wildman–Crippen MR) is 134 cm³/mol. The Hall–Kier alpha value is -4.74. The fraction of sp³-hybridized carbons (Fsp3) is 0.192. The van der Waals surface area contributed by atoms with Crippen LogP contribution in [0.2, 0.25) is 0 Å². The van der Waals surface area contributed by atoms with E-state index in [1.807, 2.05) is 0 Å². The topological polar surface area (TPSA) is 110 Å². The maximum atomic E-state index is 13.1. The molecule has 4 rings (SSSR count). The molecule has 0 unspecified atom stereocenters. The van der Waals surface area contributed by atoms with Crippen LogP contribution >= 0.6 is 0 Å². The molecule has 38 heavy (non-hydrogen) atoms. The molecule has 0 saturated carbocycles. The second-order valence-electron chi connectivity index (χ2n) is 7.76. The minimum absolute atomic E-state index is 0.0345. The number of aromatic amines is 2. The summed E-state index contributed by atoms with van der Waals surface area (Å²) in [5, 5.41) is 13.4. The normalized spacial score (nSPS) is 11.5. The zero-order valence-corrected chi connectivity index (χ0v) is 20.6. The van der Waals surface area contributed by atoms with Crippen LogP contribution in [-0.4, -0.2) is 37.4 Å². The van der Waals surface area contributed by atoms with E-state index in [4.69, 9.17) is 14.2 Å². The lowest BCUT2D eigenvalue weighted by Gasteiger charge is -2.14. The van der Waals surface area contributed by atoms with Crippen LogP contribution in [0.25, 0.3) is 22.4 Å². The number of nitrogens with zero attached hydrogens (tertiary/aromatic N) is 2. The number of hydrogen-bond acceptors (Lipinski definition) is 7. The van der Waals surface area contributed by atoms with Crippen LogP contribution in [0.5, 0.6) is 23.0 Å². The van der Waals surface area contributed by atoms with Gasteiger partial charge in [-0.2, -0.15) is 5.11 Å². The quantitative estimate of drug-likeness (QED) is 0.233. The molecule has 0 aliphatic carbocycles. The Morgan fingerprint density at radius 1 is 0.842 bits per heavy atom. The Balaban J connectivity index is 1.74. The number of nitrogens with one attached hydrogen (secondary N) is 2. The number of hydrogen-bond donors (Lipinski definition) is 2. The van der Waals surface area contributed by atoms with Gasteiger partial charge in [0.25, 0.3) is 5.56 Å². The molecule has 0 amide bonds. The number of benzene rings is 3. The number of methoxy groups -OCH3 is 2. The summed E-state index contributed by atoms with van der Waals surface area (Å²) < 4.78 is 59.5. The van der Waals surface area contributed by atoms with E-state index in [2.05, 4.69) is 25.2 Å². The van der Waals surface area contributed by atoms with Crippen molar-refractivity contribution in [2.24, 2.45) is 10.2 Å². The summed E-state index contributed by atoms with van der Waals surface area (Å²) >= 11 is 0. The second-order valence-corrected chi connectivity index (χ2v) is 7.76. The summed E-state index contributed by atoms with van der Waals surface area (Å²) in [6.45, 7) is 2.18. The van der Waals surface area contributed by atoms with Gasteiger partial charge in [-0.1, -0.05) is 12.1 Å². The highest BCUT2D eigenvalue weighted by Crippen LogP contribution is 2.39. The Morgan fingerprint density at radius 2 is 1.61 bits per heavy atom. The molecule has 1 heterocycles. The lowest BCUT2D eigenvalue weighted by molar-refractivity contribution is -0.274. The number of alkyl halides is 3. The van der Waals surface area contributed by atoms with E-state index in [0.29, 0.717) is 40.7 Å². The predicted octanol–water partition coefficient (Wildman–Crippen LogP) is 6.77. The largest absolute Gasteiger partial charge is 0.573 e. The van der Waals surface area contributed by atoms with Crippen LogP contribution in [0.3, 0.4) is 0 Å². The van der Waals surface area contributed by atoms with E-state index in [1.54, 1.807) is 49.4 Å². The number of ether oxygens (including phenoxy) is 4. The van der Waals surface area contributed by atoms with Gasteiger partial charge in [0.2, 0.25) is 0 Å². The van der Waals surface area contributed by atoms with Crippen molar-refractivity contribution in [3.8, 4) is 45.4 Å². The maximum Gasteiger partial charge on any atom is 0.573 e. The van der Waals surface area contributed by atoms with Gasteiger partial charge in [0, 0.05) is 11.1 Å². The molecule has 0 radical (unpaired) electrons. The Bertz CT molecular complexity index is 1510. The lowest BCUT2D eigenvalue weighted by atomic mass is 10.0. The molecule has 0 aliphatic heterocycles. The van der Waals surface area contributed by atoms with E-state index in [0.717, 1.165) is 6.07 Å². The van der Waals surface area contributed by atoms with Gasteiger partial charge in [0.1, 0.15) is 11.5 Å². The van der Waals surface area contributed by atoms with Gasteiger partial charge in [-0.3, -0.25) is 15.0 Å². The molecule has 0 bridgehead atoms. The van der Waals surface area contributed by atoms with Crippen LogP contribution in [0.1, 0.15) is 6.92 Å². The molecule has 3 aromatic carbocycles. The highest BCUT2D eigenvalue weighted by Gasteiger charge is 2.32. The smallest absolute Gasteiger partial charge is 0.494 e. The van der Waals surface area contributed by atoms with Crippen molar-refractivity contribution in [1.29, 1.82) is 0 Å². The lowest BCUT2D eigenvalue weighted by Crippen LogP contribution is -2.17. The van der Waals surface area contributed by atoms with Gasteiger partial charge in [-0.05, 0) is 61.0 Å². The van der Waals surface area contributed by atoms with E-state index in [-0.39, 0.29) is 16.9 Å². The molecule has 9 nitrogen and oxygen atoms in total. The number of aromatic nitrogens is 2. The molecule has 12 heteroatoms. The SMILES string of the molecule is CCOc1cccc(-c2cc(N=Nc3c(-c4ccc(OC)c(OC)c4)[nH][nH]c3=O)ccc2OC(F)(F)F)c1. The Kier molecular flexibility index (Phi) is 7.70. The molecule has 0 spiro atoms. The number of halogens is 3. The minimum atomic E-state index is -4.90. The highest BCUT2D eigenvalue weighted by molar-refractivity contribution is 5.75. The standard InChI is InChI=1S/C26H23F3N4O5/c1-4-37-18-7-5-6-15(12-18)19-14-17(9-11-20(19)38-26(27,28)29)30-32-24-23(31-33-25(24)34)16-8-10-21(35-2)22(13-16)36-3/h5-14H,4H2,1-3H3,(H2,31,33,34). The molecule has 0 aliphatic rings. The zero-order valence-electron chi connectivity index (χ0n) is 20.6. The van der Waals surface area contributed by atoms with E-state index in [1.165, 1.54) is 26.4 Å². The van der Waals surface area contributed by atoms with Crippen LogP contribution in [0, 0.1) is 0 Å². The number of rotatable bonds is 9. The van der Waals surface area contributed by atoms with Crippen LogP contribution in [0.15, 0.2) is 75.7 Å². The molecular weight excluding hydrogens is 505 g/mol. The Morgan fingerprint density at radius 3 is 2.32 bits per heavy atom. The number of azo groups is 1. The minimum Gasteiger partial charge on any atom is -0.494 e. The molecule has 198 valence electrons. The average molecular weight is 528 g/mol. The third kappa shape index (κ3) is 5.97. The first-order valence-electron chi connectivity index (χ1n) is 11.3. The molecule has 0 saturated heterocycles. The average Bonchev–Trinajstić information content (AvgIpc) is 3.27. The molecule has 1 aromatic heterocycles. The van der Waals surface area contributed by atoms with Gasteiger partial charge >= 0.3 is 6.36 Å². The van der Waals surface area contributed by atoms with Crippen molar-refractivity contribution >= 4 is 11.4 Å². The third-order valence-electron chi connectivity index (χ3n) is 5.34. The van der Waals surface area contributed by atoms with Crippen LogP contribution < -0.4 is 24.5 Å². The highest BCUT2D eigenvalue weighted by atomic mass is 19.4. The summed E-state index contributed by atoms with van der Waals surface area (Å²) in [5.74, 6) is 0.998. The maximum absolute atomic E-state index is 13.1. The van der Waals surface area contributed by atoms with Gasteiger partial charge in [-0.15, -0.1) is 18.3 Å². The number of H-pyrrole nitrogens is 2. The van der Waals surface area contributed by atoms with Gasteiger partial charge in [0.05, 0.1) is 32.2 Å². The van der Waals surface area contributed by atoms with Gasteiger partial charge in [0.15, 0.2) is 17.2 Å². The first-order chi connectivity index (χ1) is 18.2. The summed E-state index contributed by atoms with van der Waals surface area (Å²) in [6.07, 6.45) is -4.90. The molecular formula is C26H23F3N4O5. The molecule has 4 aromatic rings. The van der Waals surface area contributed by atoms with Crippen molar-refractivity contribution in [2.45, 2.75) is 13.3 Å². The summed E-state index contributed by atoms with van der Waals surface area (Å²) in [5.41, 5.74) is 1.04. The summed E-state index contributed by atoms with van der Waals surface area (Å²) in [4.78, 5) is 12.5. The third-order valence-corrected chi connectivity index (χ3v) is 5.34. The summed E-state index contributed by atoms with van der Waals surface area (Å²) in [7, 11) is 2.98. The van der Waals surface area contributed by atoms with Crippen molar-refractivity contribution in [1.82, 2.24) is 10.2 Å². The van der Waals surface area contributed by atoms with Crippen molar-refractivity contribution in [3.63, 3.8) is 0 Å². The van der Waals surface area contributed by atoms with Crippen molar-refractivity contribution in [2.75, 3.05) is 20.8 Å². The Labute approximate surface area is 214 Å². The summed E-state index contributed by atoms with van der Waals surface area (Å²) in [6, 6.07) is 15.4. The molecule has 0 fully saturated rings. The molecule has 0 atom stereocenters.